The number of rotatable bonds is 5. The minimum absolute atomic E-state index is 0.123. The van der Waals surface area contributed by atoms with Gasteiger partial charge in [0, 0.05) is 32.4 Å². The van der Waals surface area contributed by atoms with Crippen LogP contribution in [0.4, 0.5) is 0 Å². The summed E-state index contributed by atoms with van der Waals surface area (Å²) in [6.07, 6.45) is 1.85. The van der Waals surface area contributed by atoms with Crippen LogP contribution in [0.15, 0.2) is 42.6 Å². The summed E-state index contributed by atoms with van der Waals surface area (Å²) in [6.45, 7) is 3.98. The van der Waals surface area contributed by atoms with Gasteiger partial charge in [-0.25, -0.2) is 0 Å². The van der Waals surface area contributed by atoms with Crippen molar-refractivity contribution in [2.24, 2.45) is 0 Å². The first-order valence-electron chi connectivity index (χ1n) is 7.91. The van der Waals surface area contributed by atoms with Crippen LogP contribution >= 0.6 is 0 Å². The second-order valence-corrected chi connectivity index (χ2v) is 5.56. The lowest BCUT2D eigenvalue weighted by Gasteiger charge is -2.35. The van der Waals surface area contributed by atoms with Gasteiger partial charge < -0.3 is 14.8 Å². The number of nitrogens with zero attached hydrogens (tertiary/aromatic N) is 2. The van der Waals surface area contributed by atoms with Crippen molar-refractivity contribution in [1.82, 2.24) is 15.2 Å². The van der Waals surface area contributed by atoms with Gasteiger partial charge in [-0.2, -0.15) is 0 Å². The van der Waals surface area contributed by atoms with Crippen LogP contribution in [0.2, 0.25) is 0 Å². The molecule has 23 heavy (non-hydrogen) atoms. The van der Waals surface area contributed by atoms with Crippen molar-refractivity contribution < 1.29 is 9.47 Å². The van der Waals surface area contributed by atoms with Crippen molar-refractivity contribution in [3.63, 3.8) is 0 Å². The van der Waals surface area contributed by atoms with E-state index in [2.05, 4.69) is 33.4 Å². The molecule has 1 aliphatic rings. The van der Waals surface area contributed by atoms with Crippen LogP contribution in [0, 0.1) is 0 Å². The lowest BCUT2D eigenvalue weighted by molar-refractivity contribution is 0.195. The highest BCUT2D eigenvalue weighted by molar-refractivity contribution is 5.45. The minimum atomic E-state index is 0.123. The molecule has 0 aliphatic carbocycles. The van der Waals surface area contributed by atoms with Crippen LogP contribution in [0.1, 0.15) is 17.3 Å². The Labute approximate surface area is 137 Å². The summed E-state index contributed by atoms with van der Waals surface area (Å²) in [7, 11) is 3.33. The number of piperazine rings is 1. The molecule has 5 nitrogen and oxygen atoms in total. The average molecular weight is 313 g/mol. The zero-order chi connectivity index (χ0) is 16.1. The first-order valence-corrected chi connectivity index (χ1v) is 7.91. The van der Waals surface area contributed by atoms with Gasteiger partial charge in [0.1, 0.15) is 0 Å². The third kappa shape index (κ3) is 3.46. The van der Waals surface area contributed by atoms with Gasteiger partial charge in [-0.05, 0) is 29.8 Å². The van der Waals surface area contributed by atoms with Gasteiger partial charge in [0.25, 0.3) is 0 Å². The molecule has 1 fully saturated rings. The fourth-order valence-corrected chi connectivity index (χ4v) is 3.07. The van der Waals surface area contributed by atoms with Crippen LogP contribution in [0.25, 0.3) is 0 Å². The van der Waals surface area contributed by atoms with Crippen molar-refractivity contribution in [2.75, 3.05) is 40.4 Å². The molecule has 1 aromatic heterocycles. The topological polar surface area (TPSA) is 46.6 Å². The maximum Gasteiger partial charge on any atom is 0.161 e. The standard InChI is InChI=1S/C18H23N3O2/c1-22-16-7-6-14(13-17(16)23-2)18(15-5-3-4-8-20-15)21-11-9-19-10-12-21/h3-8,13,18-19H,9-12H2,1-2H3. The number of benzene rings is 1. The zero-order valence-corrected chi connectivity index (χ0v) is 13.7. The summed E-state index contributed by atoms with van der Waals surface area (Å²) >= 11 is 0. The van der Waals surface area contributed by atoms with E-state index in [0.29, 0.717) is 0 Å². The summed E-state index contributed by atoms with van der Waals surface area (Å²) in [5.41, 5.74) is 2.23. The summed E-state index contributed by atoms with van der Waals surface area (Å²) in [5.74, 6) is 1.50. The lowest BCUT2D eigenvalue weighted by atomic mass is 10.00. The van der Waals surface area contributed by atoms with Crippen LogP contribution < -0.4 is 14.8 Å². The van der Waals surface area contributed by atoms with Gasteiger partial charge in [-0.3, -0.25) is 9.88 Å². The molecule has 0 radical (unpaired) electrons. The Balaban J connectivity index is 2.01. The van der Waals surface area contributed by atoms with E-state index in [1.54, 1.807) is 14.2 Å². The van der Waals surface area contributed by atoms with Crippen LogP contribution in [0.5, 0.6) is 11.5 Å². The lowest BCUT2D eigenvalue weighted by Crippen LogP contribution is -2.45. The van der Waals surface area contributed by atoms with E-state index in [0.717, 1.165) is 43.4 Å². The van der Waals surface area contributed by atoms with Crippen molar-refractivity contribution in [3.8, 4) is 11.5 Å². The SMILES string of the molecule is COc1ccc(C(c2ccccn2)N2CCNCC2)cc1OC. The predicted octanol–water partition coefficient (Wildman–Crippen LogP) is 2.09. The van der Waals surface area contributed by atoms with E-state index in [1.807, 2.05) is 24.4 Å². The van der Waals surface area contributed by atoms with Crippen LogP contribution in [-0.2, 0) is 0 Å². The Morgan fingerprint density at radius 2 is 1.83 bits per heavy atom. The maximum absolute atomic E-state index is 5.47. The molecular weight excluding hydrogens is 290 g/mol. The second-order valence-electron chi connectivity index (χ2n) is 5.56. The Morgan fingerprint density at radius 1 is 1.04 bits per heavy atom. The molecule has 0 saturated carbocycles. The molecule has 1 unspecified atom stereocenters. The molecule has 1 atom stereocenters. The Morgan fingerprint density at radius 3 is 2.48 bits per heavy atom. The zero-order valence-electron chi connectivity index (χ0n) is 13.7. The molecule has 0 spiro atoms. The number of ether oxygens (including phenoxy) is 2. The van der Waals surface area contributed by atoms with Gasteiger partial charge in [0.15, 0.2) is 11.5 Å². The number of hydrogen-bond donors (Lipinski definition) is 1. The summed E-state index contributed by atoms with van der Waals surface area (Å²) in [5, 5.41) is 3.41. The van der Waals surface area contributed by atoms with E-state index in [9.17, 15) is 0 Å². The monoisotopic (exact) mass is 313 g/mol. The number of methoxy groups -OCH3 is 2. The Kier molecular flexibility index (Phi) is 5.10. The first kappa shape index (κ1) is 15.8. The molecule has 1 N–H and O–H groups in total. The molecule has 1 saturated heterocycles. The second kappa shape index (κ2) is 7.44. The molecule has 5 heteroatoms. The molecule has 122 valence electrons. The van der Waals surface area contributed by atoms with E-state index in [-0.39, 0.29) is 6.04 Å². The molecule has 2 aromatic rings. The molecule has 2 heterocycles. The molecule has 0 bridgehead atoms. The van der Waals surface area contributed by atoms with E-state index in [1.165, 1.54) is 5.56 Å². The molecule has 0 amide bonds. The number of hydrogen-bond acceptors (Lipinski definition) is 5. The Hall–Kier alpha value is -2.11. The summed E-state index contributed by atoms with van der Waals surface area (Å²) in [4.78, 5) is 7.05. The van der Waals surface area contributed by atoms with Crippen LogP contribution in [0.3, 0.4) is 0 Å². The summed E-state index contributed by atoms with van der Waals surface area (Å²) in [6, 6.07) is 12.3. The third-order valence-electron chi connectivity index (χ3n) is 4.21. The van der Waals surface area contributed by atoms with Crippen molar-refractivity contribution >= 4 is 0 Å². The van der Waals surface area contributed by atoms with Gasteiger partial charge >= 0.3 is 0 Å². The highest BCUT2D eigenvalue weighted by Crippen LogP contribution is 2.34. The smallest absolute Gasteiger partial charge is 0.161 e. The van der Waals surface area contributed by atoms with Gasteiger partial charge in [-0.15, -0.1) is 0 Å². The normalized spacial score (nSPS) is 16.8. The average Bonchev–Trinajstić information content (AvgIpc) is 2.63. The van der Waals surface area contributed by atoms with E-state index in [4.69, 9.17) is 9.47 Å². The Bertz CT molecular complexity index is 627. The van der Waals surface area contributed by atoms with Gasteiger partial charge in [0.05, 0.1) is 26.0 Å². The van der Waals surface area contributed by atoms with Crippen LogP contribution in [-0.4, -0.2) is 50.3 Å². The highest BCUT2D eigenvalue weighted by Gasteiger charge is 2.25. The van der Waals surface area contributed by atoms with Crippen molar-refractivity contribution in [3.05, 3.63) is 53.9 Å². The number of pyridine rings is 1. The molecule has 3 rings (SSSR count). The molecular formula is C18H23N3O2. The highest BCUT2D eigenvalue weighted by atomic mass is 16.5. The van der Waals surface area contributed by atoms with E-state index >= 15 is 0 Å². The van der Waals surface area contributed by atoms with Gasteiger partial charge in [-0.1, -0.05) is 12.1 Å². The maximum atomic E-state index is 5.47. The summed E-state index contributed by atoms with van der Waals surface area (Å²) < 4.78 is 10.8. The fourth-order valence-electron chi connectivity index (χ4n) is 3.07. The number of aromatic nitrogens is 1. The van der Waals surface area contributed by atoms with Crippen molar-refractivity contribution in [2.45, 2.75) is 6.04 Å². The largest absolute Gasteiger partial charge is 0.493 e. The van der Waals surface area contributed by atoms with E-state index < -0.39 is 0 Å². The third-order valence-corrected chi connectivity index (χ3v) is 4.21. The quantitative estimate of drug-likeness (QED) is 0.916. The number of nitrogens with one attached hydrogen (secondary N) is 1. The molecule has 1 aliphatic heterocycles. The first-order chi connectivity index (χ1) is 11.3. The van der Waals surface area contributed by atoms with Gasteiger partial charge in [0.2, 0.25) is 0 Å². The van der Waals surface area contributed by atoms with Crippen molar-refractivity contribution in [1.29, 1.82) is 0 Å². The fraction of sp³-hybridized carbons (Fsp3) is 0.389. The molecule has 1 aromatic carbocycles. The predicted molar refractivity (Wildman–Crippen MR) is 90.1 cm³/mol. The minimum Gasteiger partial charge on any atom is -0.493 e.